The average molecular weight is 582 g/mol. The highest BCUT2D eigenvalue weighted by molar-refractivity contribution is 9.10. The number of hydrogen-bond donors (Lipinski definition) is 1. The molecule has 34 heavy (non-hydrogen) atoms. The van der Waals surface area contributed by atoms with Gasteiger partial charge < -0.3 is 9.47 Å². The Kier molecular flexibility index (Phi) is 7.98. The fraction of sp³-hybridized carbons (Fsp3) is 0.111. The lowest BCUT2D eigenvalue weighted by molar-refractivity contribution is 0.0955. The highest BCUT2D eigenvalue weighted by atomic mass is 79.9. The molecule has 0 aromatic heterocycles. The van der Waals surface area contributed by atoms with E-state index in [0.717, 1.165) is 25.5 Å². The van der Waals surface area contributed by atoms with Crippen molar-refractivity contribution in [2.75, 3.05) is 6.61 Å². The summed E-state index contributed by atoms with van der Waals surface area (Å²) in [5.41, 5.74) is 4.90. The van der Waals surface area contributed by atoms with E-state index < -0.39 is 0 Å². The van der Waals surface area contributed by atoms with Crippen LogP contribution in [0.15, 0.2) is 92.9 Å². The number of benzene rings is 4. The van der Waals surface area contributed by atoms with Crippen molar-refractivity contribution in [3.05, 3.63) is 104 Å². The molecular weight excluding hydrogens is 560 g/mol. The summed E-state index contributed by atoms with van der Waals surface area (Å²) in [5, 5.41) is 6.42. The molecule has 172 valence electrons. The van der Waals surface area contributed by atoms with Gasteiger partial charge in [-0.3, -0.25) is 4.79 Å². The van der Waals surface area contributed by atoms with Gasteiger partial charge in [0.15, 0.2) is 11.5 Å². The Bertz CT molecular complexity index is 1350. The number of ether oxygens (including phenoxy) is 2. The number of hydrogen-bond acceptors (Lipinski definition) is 4. The lowest BCUT2D eigenvalue weighted by Crippen LogP contribution is -2.17. The maximum Gasteiger partial charge on any atom is 0.271 e. The van der Waals surface area contributed by atoms with Crippen LogP contribution in [0.1, 0.15) is 28.4 Å². The number of fused-ring (bicyclic) bond motifs is 1. The number of amides is 1. The number of halogens is 2. The van der Waals surface area contributed by atoms with Crippen LogP contribution >= 0.6 is 31.9 Å². The van der Waals surface area contributed by atoms with Crippen molar-refractivity contribution < 1.29 is 14.3 Å². The molecule has 4 aromatic carbocycles. The van der Waals surface area contributed by atoms with Crippen molar-refractivity contribution in [2.45, 2.75) is 13.5 Å². The summed E-state index contributed by atoms with van der Waals surface area (Å²) >= 11 is 6.96. The summed E-state index contributed by atoms with van der Waals surface area (Å²) in [5.74, 6) is 0.915. The predicted molar refractivity (Wildman–Crippen MR) is 143 cm³/mol. The van der Waals surface area contributed by atoms with Crippen LogP contribution in [0.3, 0.4) is 0 Å². The summed E-state index contributed by atoms with van der Waals surface area (Å²) < 4.78 is 13.6. The van der Waals surface area contributed by atoms with Crippen LogP contribution in [0.5, 0.6) is 11.5 Å². The number of rotatable bonds is 8. The minimum absolute atomic E-state index is 0.295. The molecule has 0 aliphatic rings. The van der Waals surface area contributed by atoms with E-state index in [2.05, 4.69) is 66.7 Å². The molecule has 0 unspecified atom stereocenters. The Morgan fingerprint density at radius 3 is 2.59 bits per heavy atom. The summed E-state index contributed by atoms with van der Waals surface area (Å²) in [6.07, 6.45) is 1.57. The predicted octanol–water partition coefficient (Wildman–Crippen LogP) is 7.11. The van der Waals surface area contributed by atoms with Crippen LogP contribution in [0, 0.1) is 0 Å². The first-order valence-electron chi connectivity index (χ1n) is 10.7. The molecule has 0 spiro atoms. The Morgan fingerprint density at radius 2 is 1.76 bits per heavy atom. The average Bonchev–Trinajstić information content (AvgIpc) is 2.84. The van der Waals surface area contributed by atoms with E-state index in [9.17, 15) is 4.79 Å². The van der Waals surface area contributed by atoms with E-state index in [0.29, 0.717) is 30.3 Å². The molecule has 0 saturated heterocycles. The Balaban J connectivity index is 1.51. The molecule has 0 heterocycles. The number of nitrogens with zero attached hydrogens (tertiary/aromatic N) is 1. The van der Waals surface area contributed by atoms with Gasteiger partial charge in [-0.2, -0.15) is 5.10 Å². The van der Waals surface area contributed by atoms with Crippen molar-refractivity contribution in [3.63, 3.8) is 0 Å². The monoisotopic (exact) mass is 580 g/mol. The summed E-state index contributed by atoms with van der Waals surface area (Å²) in [6.45, 7) is 2.80. The molecular formula is C27H22Br2N2O3. The smallest absolute Gasteiger partial charge is 0.271 e. The van der Waals surface area contributed by atoms with Gasteiger partial charge >= 0.3 is 0 Å². The molecule has 4 aromatic rings. The maximum atomic E-state index is 12.3. The standard InChI is InChI=1S/C27H22Br2N2O3/c1-2-33-25-14-18(16-30-31-27(32)20-9-6-11-22(28)15-20)13-24(29)26(25)34-17-21-10-5-8-19-7-3-4-12-23(19)21/h3-16H,2,17H2,1H3,(H,31,32)/b30-16-. The van der Waals surface area contributed by atoms with Crippen molar-refractivity contribution in [2.24, 2.45) is 5.10 Å². The third-order valence-electron chi connectivity index (χ3n) is 5.05. The van der Waals surface area contributed by atoms with Crippen molar-refractivity contribution >= 4 is 54.8 Å². The van der Waals surface area contributed by atoms with Crippen molar-refractivity contribution in [3.8, 4) is 11.5 Å². The minimum Gasteiger partial charge on any atom is -0.490 e. The van der Waals surface area contributed by atoms with E-state index in [1.54, 1.807) is 24.4 Å². The normalized spacial score (nSPS) is 11.0. The van der Waals surface area contributed by atoms with Crippen molar-refractivity contribution in [1.82, 2.24) is 5.43 Å². The molecule has 0 aliphatic carbocycles. The molecule has 0 atom stereocenters. The zero-order valence-corrected chi connectivity index (χ0v) is 21.6. The van der Waals surface area contributed by atoms with Crippen LogP contribution in [0.25, 0.3) is 10.8 Å². The van der Waals surface area contributed by atoms with Crippen LogP contribution in [-0.2, 0) is 6.61 Å². The Morgan fingerprint density at radius 1 is 0.971 bits per heavy atom. The first-order chi connectivity index (χ1) is 16.5. The molecule has 1 N–H and O–H groups in total. The second-order valence-electron chi connectivity index (χ2n) is 7.40. The summed E-state index contributed by atoms with van der Waals surface area (Å²) in [6, 6.07) is 25.2. The highest BCUT2D eigenvalue weighted by Gasteiger charge is 2.13. The molecule has 0 aliphatic heterocycles. The molecule has 5 nitrogen and oxygen atoms in total. The van der Waals surface area contributed by atoms with Gasteiger partial charge in [-0.25, -0.2) is 5.43 Å². The number of hydrazone groups is 1. The third-order valence-corrected chi connectivity index (χ3v) is 6.13. The maximum absolute atomic E-state index is 12.3. The van der Waals surface area contributed by atoms with Crippen LogP contribution < -0.4 is 14.9 Å². The molecule has 0 radical (unpaired) electrons. The van der Waals surface area contributed by atoms with E-state index in [4.69, 9.17) is 9.47 Å². The Hall–Kier alpha value is -3.16. The van der Waals surface area contributed by atoms with Gasteiger partial charge in [0.05, 0.1) is 17.3 Å². The van der Waals surface area contributed by atoms with Gasteiger partial charge in [-0.1, -0.05) is 64.5 Å². The van der Waals surface area contributed by atoms with Crippen LogP contribution in [0.2, 0.25) is 0 Å². The zero-order valence-electron chi connectivity index (χ0n) is 18.4. The number of carbonyl (C=O) groups is 1. The van der Waals surface area contributed by atoms with Crippen LogP contribution in [0.4, 0.5) is 0 Å². The molecule has 7 heteroatoms. The topological polar surface area (TPSA) is 59.9 Å². The van der Waals surface area contributed by atoms with Gasteiger partial charge in [-0.15, -0.1) is 0 Å². The quantitative estimate of drug-likeness (QED) is 0.178. The minimum atomic E-state index is -0.295. The molecule has 0 saturated carbocycles. The van der Waals surface area contributed by atoms with Gasteiger partial charge in [0.2, 0.25) is 0 Å². The highest BCUT2D eigenvalue weighted by Crippen LogP contribution is 2.37. The zero-order chi connectivity index (χ0) is 23.9. The van der Waals surface area contributed by atoms with Gasteiger partial charge in [0, 0.05) is 10.0 Å². The van der Waals surface area contributed by atoms with E-state index in [1.807, 2.05) is 43.3 Å². The molecule has 0 bridgehead atoms. The molecule has 0 fully saturated rings. The number of carbonyl (C=O) groups excluding carboxylic acids is 1. The fourth-order valence-electron chi connectivity index (χ4n) is 3.49. The van der Waals surface area contributed by atoms with Crippen LogP contribution in [-0.4, -0.2) is 18.7 Å². The fourth-order valence-corrected chi connectivity index (χ4v) is 4.47. The first kappa shape index (κ1) is 24.0. The third kappa shape index (κ3) is 5.85. The second kappa shape index (κ2) is 11.3. The van der Waals surface area contributed by atoms with Crippen molar-refractivity contribution in [1.29, 1.82) is 0 Å². The van der Waals surface area contributed by atoms with E-state index >= 15 is 0 Å². The first-order valence-corrected chi connectivity index (χ1v) is 12.3. The second-order valence-corrected chi connectivity index (χ2v) is 9.17. The largest absolute Gasteiger partial charge is 0.490 e. The van der Waals surface area contributed by atoms with Gasteiger partial charge in [-0.05, 0) is 75.1 Å². The van der Waals surface area contributed by atoms with E-state index in [1.165, 1.54) is 5.39 Å². The lowest BCUT2D eigenvalue weighted by atomic mass is 10.1. The summed E-state index contributed by atoms with van der Waals surface area (Å²) in [7, 11) is 0. The van der Waals surface area contributed by atoms with Gasteiger partial charge in [0.1, 0.15) is 6.61 Å². The Labute approximate surface area is 215 Å². The van der Waals surface area contributed by atoms with E-state index in [-0.39, 0.29) is 5.91 Å². The number of nitrogens with one attached hydrogen (secondary N) is 1. The SMILES string of the molecule is CCOc1cc(/C=N\NC(=O)c2cccc(Br)c2)cc(Br)c1OCc1cccc2ccccc12. The molecule has 4 rings (SSSR count). The lowest BCUT2D eigenvalue weighted by Gasteiger charge is -2.15. The summed E-state index contributed by atoms with van der Waals surface area (Å²) in [4.78, 5) is 12.3. The van der Waals surface area contributed by atoms with Gasteiger partial charge in [0.25, 0.3) is 5.91 Å². The molecule has 1 amide bonds.